The lowest BCUT2D eigenvalue weighted by atomic mass is 9.93. The fraction of sp³-hybridized carbons (Fsp3) is 0.379. The van der Waals surface area contributed by atoms with Crippen LogP contribution in [-0.4, -0.2) is 32.7 Å². The summed E-state index contributed by atoms with van der Waals surface area (Å²) in [4.78, 5) is 5.61. The van der Waals surface area contributed by atoms with Gasteiger partial charge in [-0.25, -0.2) is 8.78 Å². The summed E-state index contributed by atoms with van der Waals surface area (Å²) in [6, 6.07) is 19.5. The molecule has 0 bridgehead atoms. The van der Waals surface area contributed by atoms with Crippen LogP contribution in [0.3, 0.4) is 0 Å². The van der Waals surface area contributed by atoms with E-state index in [1.165, 1.54) is 27.1 Å². The average Bonchev–Trinajstić information content (AvgIpc) is 3.00. The first kappa shape index (κ1) is 23.5. The Morgan fingerprint density at radius 2 is 1.59 bits per heavy atom. The lowest BCUT2D eigenvalue weighted by Gasteiger charge is -2.35. The van der Waals surface area contributed by atoms with Crippen molar-refractivity contribution < 1.29 is 18.6 Å². The second-order valence-electron chi connectivity index (χ2n) is 10.1. The van der Waals surface area contributed by atoms with E-state index in [0.717, 1.165) is 50.5 Å². The molecule has 3 aromatic rings. The van der Waals surface area contributed by atoms with Crippen LogP contribution in [0.15, 0.2) is 70.5 Å². The molecule has 2 heterocycles. The third-order valence-corrected chi connectivity index (χ3v) is 8.71. The summed E-state index contributed by atoms with van der Waals surface area (Å²) >= 11 is 1.73. The summed E-state index contributed by atoms with van der Waals surface area (Å²) in [5.41, 5.74) is 5.28. The van der Waals surface area contributed by atoms with Crippen molar-refractivity contribution >= 4 is 11.8 Å². The van der Waals surface area contributed by atoms with Crippen molar-refractivity contribution in [1.29, 1.82) is 0 Å². The number of piperazine rings is 1. The van der Waals surface area contributed by atoms with Crippen molar-refractivity contribution in [2.75, 3.05) is 32.7 Å². The van der Waals surface area contributed by atoms with Crippen molar-refractivity contribution in [3.05, 3.63) is 94.6 Å². The van der Waals surface area contributed by atoms with E-state index in [-0.39, 0.29) is 11.6 Å². The number of fused-ring (bicyclic) bond motifs is 2. The average molecular weight is 481 g/mol. The highest BCUT2D eigenvalue weighted by atomic mass is 32.2. The third-order valence-electron chi connectivity index (χ3n) is 7.52. The van der Waals surface area contributed by atoms with Gasteiger partial charge in [-0.05, 0) is 59.0 Å². The molecule has 0 radical (unpaired) electrons. The minimum absolute atomic E-state index is 0.157. The Balaban J connectivity index is 1.33. The molecule has 1 atom stereocenters. The van der Waals surface area contributed by atoms with Gasteiger partial charge in [0.05, 0.1) is 6.54 Å². The Hall–Kier alpha value is -2.21. The number of halogens is 2. The largest absolute Gasteiger partial charge is 0.325 e. The number of quaternary nitrogens is 2. The van der Waals surface area contributed by atoms with Gasteiger partial charge in [-0.1, -0.05) is 49.9 Å². The number of hydrogen-bond acceptors (Lipinski definition) is 1. The Bertz CT molecular complexity index is 1140. The highest BCUT2D eigenvalue weighted by molar-refractivity contribution is 7.99. The van der Waals surface area contributed by atoms with Crippen molar-refractivity contribution in [1.82, 2.24) is 0 Å². The van der Waals surface area contributed by atoms with E-state index >= 15 is 0 Å². The number of nitrogens with one attached hydrogen (secondary N) is 2. The number of hydrogen-bond donors (Lipinski definition) is 2. The van der Waals surface area contributed by atoms with Gasteiger partial charge in [0.25, 0.3) is 0 Å². The molecule has 0 amide bonds. The van der Waals surface area contributed by atoms with Crippen molar-refractivity contribution in [3.8, 4) is 0 Å². The zero-order valence-electron chi connectivity index (χ0n) is 20.0. The minimum atomic E-state index is -0.167. The summed E-state index contributed by atoms with van der Waals surface area (Å²) < 4.78 is 27.2. The maximum atomic E-state index is 14.0. The van der Waals surface area contributed by atoms with Gasteiger partial charge in [-0.2, -0.15) is 0 Å². The molecule has 178 valence electrons. The molecule has 0 unspecified atom stereocenters. The standard InChI is InChI=1S/C29H32F2N2S/c1-20(2)22-6-10-28-26(17-22)27(18-23-5-9-25(31)19-29(23)34-28)33-15-13-32(14-16-33)12-11-21-3-7-24(30)8-4-21/h3-10,17,19-20,27H,11-16,18H2,1-2H3/p+2/t27-/m1/s1. The molecular formula is C29H34F2N2S+2. The third kappa shape index (κ3) is 5.22. The van der Waals surface area contributed by atoms with E-state index in [2.05, 4.69) is 32.0 Å². The number of rotatable bonds is 5. The SMILES string of the molecule is CC(C)c1ccc2c(c1)[C@H]([NH+]1CC[NH+](CCc3ccc(F)cc3)CC1)Cc1ccc(F)cc1S2. The molecule has 2 nitrogen and oxygen atoms in total. The van der Waals surface area contributed by atoms with Crippen LogP contribution >= 0.6 is 11.8 Å². The van der Waals surface area contributed by atoms with Crippen LogP contribution in [0, 0.1) is 11.6 Å². The predicted octanol–water partition coefficient (Wildman–Crippen LogP) is 3.86. The first-order valence-corrected chi connectivity index (χ1v) is 13.3. The van der Waals surface area contributed by atoms with Crippen molar-refractivity contribution in [3.63, 3.8) is 0 Å². The molecule has 0 saturated carbocycles. The van der Waals surface area contributed by atoms with Gasteiger partial charge in [0.15, 0.2) is 0 Å². The smallest absolute Gasteiger partial charge is 0.128 e. The summed E-state index contributed by atoms with van der Waals surface area (Å²) in [7, 11) is 0. The second kappa shape index (κ2) is 10.2. The monoisotopic (exact) mass is 480 g/mol. The molecule has 5 heteroatoms. The Morgan fingerprint density at radius 3 is 2.32 bits per heavy atom. The molecular weight excluding hydrogens is 446 g/mol. The second-order valence-corrected chi connectivity index (χ2v) is 11.2. The summed E-state index contributed by atoms with van der Waals surface area (Å²) in [5.74, 6) is 0.164. The Kier molecular flexibility index (Phi) is 7.05. The first-order valence-electron chi connectivity index (χ1n) is 12.5. The van der Waals surface area contributed by atoms with Crippen molar-refractivity contribution in [2.45, 2.75) is 48.4 Å². The molecule has 3 aromatic carbocycles. The van der Waals surface area contributed by atoms with Crippen LogP contribution in [0.25, 0.3) is 0 Å². The fourth-order valence-electron chi connectivity index (χ4n) is 5.39. The highest BCUT2D eigenvalue weighted by Gasteiger charge is 2.34. The molecule has 0 aliphatic carbocycles. The topological polar surface area (TPSA) is 8.88 Å². The van der Waals surface area contributed by atoms with Gasteiger partial charge in [0, 0.05) is 28.2 Å². The molecule has 2 aliphatic rings. The predicted molar refractivity (Wildman–Crippen MR) is 134 cm³/mol. The molecule has 0 spiro atoms. The quantitative estimate of drug-likeness (QED) is 0.564. The van der Waals surface area contributed by atoms with E-state index in [1.807, 2.05) is 18.2 Å². The molecule has 1 fully saturated rings. The van der Waals surface area contributed by atoms with E-state index in [0.29, 0.717) is 12.0 Å². The van der Waals surface area contributed by atoms with E-state index in [9.17, 15) is 8.78 Å². The van der Waals surface area contributed by atoms with Crippen molar-refractivity contribution in [2.24, 2.45) is 0 Å². The fourth-order valence-corrected chi connectivity index (χ4v) is 6.54. The molecule has 0 aromatic heterocycles. The lowest BCUT2D eigenvalue weighted by molar-refractivity contribution is -1.03. The molecule has 2 aliphatic heterocycles. The Morgan fingerprint density at radius 1 is 0.853 bits per heavy atom. The summed E-state index contributed by atoms with van der Waals surface area (Å²) in [6.07, 6.45) is 1.95. The van der Waals surface area contributed by atoms with Gasteiger partial charge in [0.1, 0.15) is 43.9 Å². The van der Waals surface area contributed by atoms with E-state index < -0.39 is 0 Å². The maximum absolute atomic E-state index is 14.0. The van der Waals surface area contributed by atoms with Crippen LogP contribution in [-0.2, 0) is 12.8 Å². The normalized spacial score (nSPS) is 22.2. The molecule has 1 saturated heterocycles. The Labute approximate surface area is 206 Å². The summed E-state index contributed by atoms with van der Waals surface area (Å²) in [6.45, 7) is 10.2. The zero-order chi connectivity index (χ0) is 23.7. The lowest BCUT2D eigenvalue weighted by Crippen LogP contribution is -3.28. The van der Waals surface area contributed by atoms with Gasteiger partial charge >= 0.3 is 0 Å². The van der Waals surface area contributed by atoms with E-state index in [4.69, 9.17) is 0 Å². The van der Waals surface area contributed by atoms with Crippen LogP contribution in [0.5, 0.6) is 0 Å². The van der Waals surface area contributed by atoms with Crippen LogP contribution in [0.2, 0.25) is 0 Å². The van der Waals surface area contributed by atoms with Gasteiger partial charge in [-0.15, -0.1) is 0 Å². The number of benzene rings is 3. The van der Waals surface area contributed by atoms with Gasteiger partial charge < -0.3 is 9.80 Å². The molecule has 5 rings (SSSR count). The highest BCUT2D eigenvalue weighted by Crippen LogP contribution is 2.41. The van der Waals surface area contributed by atoms with Crippen LogP contribution in [0.1, 0.15) is 48.1 Å². The first-order chi connectivity index (χ1) is 16.5. The van der Waals surface area contributed by atoms with Gasteiger partial charge in [-0.3, -0.25) is 0 Å². The molecule has 2 N–H and O–H groups in total. The van der Waals surface area contributed by atoms with Crippen LogP contribution < -0.4 is 9.80 Å². The maximum Gasteiger partial charge on any atom is 0.128 e. The summed E-state index contributed by atoms with van der Waals surface area (Å²) in [5, 5.41) is 0. The zero-order valence-corrected chi connectivity index (χ0v) is 20.9. The minimum Gasteiger partial charge on any atom is -0.325 e. The van der Waals surface area contributed by atoms with Gasteiger partial charge in [0.2, 0.25) is 0 Å². The molecule has 34 heavy (non-hydrogen) atoms. The van der Waals surface area contributed by atoms with E-state index in [1.54, 1.807) is 45.8 Å². The van der Waals surface area contributed by atoms with Crippen LogP contribution in [0.4, 0.5) is 8.78 Å².